The Kier molecular flexibility index (Phi) is 22.4. The molecule has 3 saturated heterocycles. The van der Waals surface area contributed by atoms with Crippen molar-refractivity contribution >= 4 is 129 Å². The molecule has 4 aromatic rings. The number of amides is 6. The second-order valence-corrected chi connectivity index (χ2v) is 29.1. The smallest absolute Gasteiger partial charge is 0.412 e. The number of thiol groups is 2. The van der Waals surface area contributed by atoms with Crippen LogP contribution in [-0.2, 0) is 70.1 Å². The van der Waals surface area contributed by atoms with Crippen LogP contribution in [-0.4, -0.2) is 216 Å². The summed E-state index contributed by atoms with van der Waals surface area (Å²) >= 11 is 8.56. The molecule has 464 valence electrons. The van der Waals surface area contributed by atoms with E-state index in [1.165, 1.54) is 75.7 Å². The van der Waals surface area contributed by atoms with E-state index in [9.17, 15) is 37.9 Å². The third kappa shape index (κ3) is 17.2. The lowest BCUT2D eigenvalue weighted by Crippen LogP contribution is -2.38. The number of nitrogens with zero attached hydrogens (tertiary/aromatic N) is 12. The van der Waals surface area contributed by atoms with Crippen molar-refractivity contribution in [2.24, 2.45) is 5.92 Å². The summed E-state index contributed by atoms with van der Waals surface area (Å²) < 4.78 is 83.0. The zero-order chi connectivity index (χ0) is 61.2. The van der Waals surface area contributed by atoms with Crippen LogP contribution in [0, 0.1) is 5.92 Å². The van der Waals surface area contributed by atoms with Crippen LogP contribution in [0.4, 0.5) is 21.2 Å². The van der Waals surface area contributed by atoms with Gasteiger partial charge in [-0.25, -0.2) is 48.6 Å². The average Bonchev–Trinajstić information content (AvgIpc) is 1.83. The molecule has 0 aliphatic carbocycles. The Bertz CT molecular complexity index is 3220. The van der Waals surface area contributed by atoms with Crippen molar-refractivity contribution in [3.8, 4) is 0 Å². The summed E-state index contributed by atoms with van der Waals surface area (Å²) in [6.07, 6.45) is 2.78. The van der Waals surface area contributed by atoms with Crippen LogP contribution in [0.1, 0.15) is 52.0 Å². The van der Waals surface area contributed by atoms with Crippen LogP contribution in [0.25, 0.3) is 22.3 Å². The van der Waals surface area contributed by atoms with E-state index < -0.39 is 93.6 Å². The first kappa shape index (κ1) is 65.6. The van der Waals surface area contributed by atoms with Crippen LogP contribution >= 0.6 is 59.7 Å². The lowest BCUT2D eigenvalue weighted by molar-refractivity contribution is -0.138. The normalized spacial score (nSPS) is 25.3. The van der Waals surface area contributed by atoms with Gasteiger partial charge in [-0.3, -0.25) is 56.6 Å². The van der Waals surface area contributed by atoms with Crippen molar-refractivity contribution in [1.29, 1.82) is 0 Å². The first-order chi connectivity index (χ1) is 40.4. The largest absolute Gasteiger partial charge is 0.449 e. The quantitative estimate of drug-likeness (QED) is 0.0180. The Morgan fingerprint density at radius 2 is 1.45 bits per heavy atom. The van der Waals surface area contributed by atoms with Gasteiger partial charge in [0, 0.05) is 69.7 Å². The number of carbonyl (C=O) groups is 6. The molecule has 0 unspecified atom stereocenters. The number of rotatable bonds is 24. The van der Waals surface area contributed by atoms with Crippen molar-refractivity contribution in [3.63, 3.8) is 0 Å². The molecule has 0 saturated carbocycles. The van der Waals surface area contributed by atoms with E-state index in [2.05, 4.69) is 66.3 Å². The monoisotopic (exact) mass is 1300 g/mol. The van der Waals surface area contributed by atoms with E-state index in [4.69, 9.17) is 47.5 Å². The van der Waals surface area contributed by atoms with E-state index in [0.29, 0.717) is 42.8 Å². The molecule has 0 spiro atoms. The summed E-state index contributed by atoms with van der Waals surface area (Å²) in [6.45, 7) is -0.300. The third-order valence-corrected chi connectivity index (χ3v) is 20.3. The van der Waals surface area contributed by atoms with Gasteiger partial charge in [0.05, 0.1) is 64.5 Å². The highest BCUT2D eigenvalue weighted by Gasteiger charge is 2.51. The fourth-order valence-electron chi connectivity index (χ4n) is 9.02. The highest BCUT2D eigenvalue weighted by molar-refractivity contribution is 8.77. The molecule has 37 heteroatoms. The first-order valence-corrected chi connectivity index (χ1v) is 34.2. The number of nitrogens with two attached hydrogens (primary N) is 1. The lowest BCUT2D eigenvalue weighted by atomic mass is 10.00. The summed E-state index contributed by atoms with van der Waals surface area (Å²) in [4.78, 5) is 105. The van der Waals surface area contributed by atoms with Gasteiger partial charge in [0.25, 0.3) is 11.8 Å². The van der Waals surface area contributed by atoms with Gasteiger partial charge < -0.3 is 44.1 Å². The number of ether oxygens (including phenoxy) is 5. The van der Waals surface area contributed by atoms with Gasteiger partial charge in [-0.1, -0.05) is 52.2 Å². The number of anilines is 2. The number of hydrogen-bond donors (Lipinski definition) is 4. The number of imide groups is 1. The minimum absolute atomic E-state index is 0.000576. The molecule has 0 radical (unpaired) electrons. The van der Waals surface area contributed by atoms with Crippen LogP contribution < -0.4 is 11.1 Å². The maximum Gasteiger partial charge on any atom is 0.412 e. The Balaban J connectivity index is 0.724. The topological polar surface area (TPSA) is 358 Å². The van der Waals surface area contributed by atoms with Crippen molar-refractivity contribution in [3.05, 3.63) is 50.1 Å². The molecule has 8 rings (SSSR count). The fourth-order valence-corrected chi connectivity index (χ4v) is 14.4. The molecule has 3 N–H and O–H groups in total. The van der Waals surface area contributed by atoms with Gasteiger partial charge >= 0.3 is 25.8 Å². The third-order valence-electron chi connectivity index (χ3n) is 13.8. The van der Waals surface area contributed by atoms with Gasteiger partial charge in [0.15, 0.2) is 28.4 Å². The highest BCUT2D eigenvalue weighted by Crippen LogP contribution is 2.61. The molecule has 0 bridgehead atoms. The Labute approximate surface area is 506 Å². The summed E-state index contributed by atoms with van der Waals surface area (Å²) in [5.41, 5.74) is 7.05. The van der Waals surface area contributed by atoms with Crippen LogP contribution in [0.15, 0.2) is 50.1 Å². The van der Waals surface area contributed by atoms with Crippen LogP contribution in [0.5, 0.6) is 0 Å². The number of imidazole rings is 2. The standard InChI is InChI=1S/C48H66N14O17P2S4/c1-7-29-40-32(77-45(29)62-28-54-38-41(49)50-25-52-43(38)62)24-75-80(69,82)78-30-22-37(76-31(30)23-74-81(70,83)79-40)61-27-55-39-42(51-26-53-44(39)61)56-46(67)72-19-15-59(6)47(68)73-20-21-84-85-48(2,3)12-10-33(63)57(4)13-14-58(5)34(64)11-17-71-18-16-60-35(65)8-9-36(60)66/h7-9,25-32,37,40,45H,1,10-24H2,2-6H3,(H,69,82)(H,70,83)(H2,49,50,52)(H,51,53,56,67)/t29-,30+,31-,32-,37-,40+,45-,80-,81-/m1/s1. The van der Waals surface area contributed by atoms with E-state index in [-0.39, 0.29) is 91.7 Å². The highest BCUT2D eigenvalue weighted by atomic mass is 33.1. The van der Waals surface area contributed by atoms with Gasteiger partial charge in [0.1, 0.15) is 68.3 Å². The zero-order valence-electron chi connectivity index (χ0n) is 46.9. The second-order valence-electron chi connectivity index (χ2n) is 20.2. The van der Waals surface area contributed by atoms with Crippen molar-refractivity contribution in [1.82, 2.24) is 58.6 Å². The first-order valence-electron chi connectivity index (χ1n) is 26.5. The average molecular weight is 1300 g/mol. The van der Waals surface area contributed by atoms with Gasteiger partial charge in [-0.2, -0.15) is 0 Å². The zero-order valence-corrected chi connectivity index (χ0v) is 52.1. The minimum atomic E-state index is -4.21. The predicted molar refractivity (Wildman–Crippen MR) is 315 cm³/mol. The molecule has 4 aromatic heterocycles. The summed E-state index contributed by atoms with van der Waals surface area (Å²) in [7, 11) is 7.90. The molecule has 4 aliphatic rings. The summed E-state index contributed by atoms with van der Waals surface area (Å²) in [6, 6.07) is 0. The Hall–Kier alpha value is -5.42. The van der Waals surface area contributed by atoms with Gasteiger partial charge in [-0.05, 0) is 20.3 Å². The predicted octanol–water partition coefficient (Wildman–Crippen LogP) is 4.93. The molecule has 9 atom stereocenters. The molecule has 6 amide bonds. The Morgan fingerprint density at radius 1 is 0.800 bits per heavy atom. The van der Waals surface area contributed by atoms with E-state index >= 15 is 0 Å². The number of nitrogen functional groups attached to an aromatic ring is 1. The number of hydrogen-bond acceptors (Lipinski definition) is 26. The molecule has 85 heavy (non-hydrogen) atoms. The molecule has 0 aromatic carbocycles. The van der Waals surface area contributed by atoms with Gasteiger partial charge in [0.2, 0.25) is 11.8 Å². The maximum absolute atomic E-state index is 13.9. The van der Waals surface area contributed by atoms with E-state index in [1.54, 1.807) is 34.4 Å². The number of likely N-dealkylation sites (N-methyl/N-ethyl adjacent to an activating group) is 3. The number of nitrogens with one attached hydrogen (secondary N) is 1. The SMILES string of the molecule is C=C[C@@H]1[C@@H]2O[P@](=O)(S)OC[C@H]3O[C@@H](n4cnc5c(NC(=O)OCCN(C)C(=O)OCCSSC(C)(C)CCC(=O)N(C)CCN(C)C(=O)CCOCCN6C(=O)C=CC6=O)ncnc54)C[C@@H]3O[P@](=O)(S)OC[C@H]2O[C@H]1n1cnc2c(N)ncnc21. The van der Waals surface area contributed by atoms with Gasteiger partial charge in [-0.15, -0.1) is 6.58 Å². The molecular weight excluding hydrogens is 1230 g/mol. The molecular formula is C48H66N14O17P2S4. The molecule has 4 aliphatic heterocycles. The van der Waals surface area contributed by atoms with E-state index in [1.807, 2.05) is 13.8 Å². The number of carbonyl (C=O) groups excluding carboxylic acids is 6. The van der Waals surface area contributed by atoms with Crippen molar-refractivity contribution in [2.45, 2.75) is 81.1 Å². The molecule has 8 heterocycles. The van der Waals surface area contributed by atoms with Crippen LogP contribution in [0.2, 0.25) is 0 Å². The fraction of sp³-hybridized carbons (Fsp3) is 0.583. The minimum Gasteiger partial charge on any atom is -0.449 e. The van der Waals surface area contributed by atoms with Crippen molar-refractivity contribution < 1.29 is 79.7 Å². The summed E-state index contributed by atoms with van der Waals surface area (Å²) in [5.74, 6) is -1.12. The Morgan fingerprint density at radius 3 is 2.16 bits per heavy atom. The van der Waals surface area contributed by atoms with E-state index in [0.717, 1.165) is 4.90 Å². The maximum atomic E-state index is 13.9. The lowest BCUT2D eigenvalue weighted by Gasteiger charge is -2.28. The molecule has 3 fully saturated rings. The second kappa shape index (κ2) is 29.1. The van der Waals surface area contributed by atoms with Crippen LogP contribution in [0.3, 0.4) is 0 Å². The summed E-state index contributed by atoms with van der Waals surface area (Å²) in [5, 5.41) is 2.54. The number of fused-ring (bicyclic) bond motifs is 4. The molecule has 31 nitrogen and oxygen atoms in total. The number of aromatic nitrogens is 8. The van der Waals surface area contributed by atoms with Crippen molar-refractivity contribution in [2.75, 3.05) is 104 Å².